The van der Waals surface area contributed by atoms with Gasteiger partial charge in [-0.2, -0.15) is 0 Å². The Morgan fingerprint density at radius 2 is 1.29 bits per heavy atom. The minimum atomic E-state index is -4.53. The fourth-order valence-electron chi connectivity index (χ4n) is 2.21. The van der Waals surface area contributed by atoms with Crippen molar-refractivity contribution in [2.24, 2.45) is 0 Å². The second kappa shape index (κ2) is 2.73. The highest BCUT2D eigenvalue weighted by Crippen LogP contribution is 2.76. The van der Waals surface area contributed by atoms with Crippen molar-refractivity contribution >= 4 is 7.82 Å². The van der Waals surface area contributed by atoms with Crippen molar-refractivity contribution in [1.29, 1.82) is 0 Å². The van der Waals surface area contributed by atoms with E-state index >= 15 is 0 Å². The molecule has 0 amide bonds. The molecule has 11 heteroatoms. The molecule has 4 atom stereocenters. The van der Waals surface area contributed by atoms with Gasteiger partial charge < -0.3 is 30.6 Å². The molecule has 2 aliphatic heterocycles. The molecule has 0 spiro atoms. The standard InChI is InChI=1S/C6H9O10P/c7-1-2(8)4(10)6(12)5(11,3(1)9)15-17(13,14-4)16-6/h1-3,7-12H/t1?,2-,3-,4-,5-,6?,17?/m0/s1. The molecule has 3 fully saturated rings. The average Bonchev–Trinajstić information content (AvgIpc) is 2.55. The third-order valence-electron chi connectivity index (χ3n) is 3.17. The Labute approximate surface area is 93.2 Å². The summed E-state index contributed by atoms with van der Waals surface area (Å²) in [5.74, 6) is -9.32. The van der Waals surface area contributed by atoms with E-state index < -0.39 is 43.5 Å². The van der Waals surface area contributed by atoms with Crippen LogP contribution in [0.2, 0.25) is 0 Å². The van der Waals surface area contributed by atoms with Crippen LogP contribution in [0.1, 0.15) is 0 Å². The molecule has 0 unspecified atom stereocenters. The topological polar surface area (TPSA) is 166 Å². The number of aliphatic hydroxyl groups is 6. The first-order chi connectivity index (χ1) is 7.60. The van der Waals surface area contributed by atoms with Crippen molar-refractivity contribution in [2.45, 2.75) is 35.7 Å². The third-order valence-corrected chi connectivity index (χ3v) is 4.66. The highest BCUT2D eigenvalue weighted by atomic mass is 31.2. The molecule has 2 heterocycles. The molecule has 0 radical (unpaired) electrons. The highest BCUT2D eigenvalue weighted by Gasteiger charge is 2.90. The molecule has 2 saturated heterocycles. The molecule has 1 saturated carbocycles. The van der Waals surface area contributed by atoms with Crippen LogP contribution < -0.4 is 0 Å². The Hall–Kier alpha value is -0.130. The predicted octanol–water partition coefficient (Wildman–Crippen LogP) is -3.67. The summed E-state index contributed by atoms with van der Waals surface area (Å²) < 4.78 is 24.6. The fourth-order valence-corrected chi connectivity index (χ4v) is 4.06. The molecule has 3 aliphatic rings. The van der Waals surface area contributed by atoms with Crippen LogP contribution in [-0.4, -0.2) is 66.3 Å². The summed E-state index contributed by atoms with van der Waals surface area (Å²) in [6.07, 6.45) is -6.63. The van der Waals surface area contributed by atoms with Gasteiger partial charge in [-0.15, -0.1) is 0 Å². The monoisotopic (exact) mass is 272 g/mol. The van der Waals surface area contributed by atoms with E-state index in [0.717, 1.165) is 0 Å². The van der Waals surface area contributed by atoms with Crippen LogP contribution in [0.3, 0.4) is 0 Å². The number of phosphoric acid groups is 1. The van der Waals surface area contributed by atoms with Crippen molar-refractivity contribution in [3.8, 4) is 0 Å². The maximum Gasteiger partial charge on any atom is 0.483 e. The minimum absolute atomic E-state index is 2.11. The van der Waals surface area contributed by atoms with Crippen LogP contribution in [0.4, 0.5) is 0 Å². The summed E-state index contributed by atoms with van der Waals surface area (Å²) in [5.41, 5.74) is 0. The van der Waals surface area contributed by atoms with Gasteiger partial charge in [-0.25, -0.2) is 18.1 Å². The Kier molecular flexibility index (Phi) is 1.91. The number of aliphatic hydroxyl groups excluding tert-OH is 3. The van der Waals surface area contributed by atoms with Gasteiger partial charge in [-0.05, 0) is 0 Å². The van der Waals surface area contributed by atoms with Gasteiger partial charge in [0.25, 0.3) is 17.4 Å². The van der Waals surface area contributed by atoms with Gasteiger partial charge in [0.1, 0.15) is 18.3 Å². The quantitative estimate of drug-likeness (QED) is 0.242. The summed E-state index contributed by atoms with van der Waals surface area (Å²) >= 11 is 0. The molecular weight excluding hydrogens is 263 g/mol. The number of hydrogen-bond acceptors (Lipinski definition) is 10. The first-order valence-electron chi connectivity index (χ1n) is 4.53. The fraction of sp³-hybridized carbons (Fsp3) is 1.00. The average molecular weight is 272 g/mol. The molecule has 6 N–H and O–H groups in total. The zero-order valence-electron chi connectivity index (χ0n) is 8.00. The molecule has 1 aliphatic carbocycles. The van der Waals surface area contributed by atoms with Crippen molar-refractivity contribution < 1.29 is 48.8 Å². The minimum Gasteiger partial charge on any atom is -0.387 e. The van der Waals surface area contributed by atoms with Crippen LogP contribution >= 0.6 is 7.82 Å². The number of phosphoric ester groups is 1. The number of hydrogen-bond donors (Lipinski definition) is 6. The maximum absolute atomic E-state index is 11.6. The van der Waals surface area contributed by atoms with Gasteiger partial charge in [0.05, 0.1) is 0 Å². The molecule has 2 bridgehead atoms. The van der Waals surface area contributed by atoms with E-state index in [4.69, 9.17) is 0 Å². The van der Waals surface area contributed by atoms with Crippen LogP contribution in [0, 0.1) is 0 Å². The first-order valence-corrected chi connectivity index (χ1v) is 5.99. The van der Waals surface area contributed by atoms with E-state index in [1.807, 2.05) is 0 Å². The molecule has 17 heavy (non-hydrogen) atoms. The van der Waals surface area contributed by atoms with Crippen LogP contribution in [0.15, 0.2) is 0 Å². The number of rotatable bonds is 0. The SMILES string of the molecule is O=P12OC3(O)[C@@](O)(O1)[C@@H](O)C(O)[C@H](O)[C@]3(O)O2. The van der Waals surface area contributed by atoms with Crippen molar-refractivity contribution in [2.75, 3.05) is 0 Å². The lowest BCUT2D eigenvalue weighted by Crippen LogP contribution is -2.82. The highest BCUT2D eigenvalue weighted by molar-refractivity contribution is 7.49. The van der Waals surface area contributed by atoms with Crippen molar-refractivity contribution in [3.05, 3.63) is 0 Å². The van der Waals surface area contributed by atoms with Gasteiger partial charge in [-0.3, -0.25) is 0 Å². The third kappa shape index (κ3) is 0.978. The second-order valence-electron chi connectivity index (χ2n) is 4.14. The summed E-state index contributed by atoms with van der Waals surface area (Å²) in [6, 6.07) is 0. The molecule has 3 rings (SSSR count). The van der Waals surface area contributed by atoms with Crippen LogP contribution in [0.25, 0.3) is 0 Å². The molecular formula is C6H9O10P. The zero-order chi connectivity index (χ0) is 12.9. The van der Waals surface area contributed by atoms with Crippen LogP contribution in [0.5, 0.6) is 0 Å². The van der Waals surface area contributed by atoms with Crippen molar-refractivity contribution in [3.63, 3.8) is 0 Å². The van der Waals surface area contributed by atoms with Gasteiger partial charge in [0.15, 0.2) is 0 Å². The maximum atomic E-state index is 11.6. The Bertz CT molecular complexity index is 400. The zero-order valence-corrected chi connectivity index (χ0v) is 8.89. The van der Waals surface area contributed by atoms with E-state index in [-0.39, 0.29) is 0 Å². The van der Waals surface area contributed by atoms with E-state index in [1.165, 1.54) is 0 Å². The second-order valence-corrected chi connectivity index (χ2v) is 5.58. The smallest absolute Gasteiger partial charge is 0.387 e. The van der Waals surface area contributed by atoms with Crippen molar-refractivity contribution in [1.82, 2.24) is 0 Å². The van der Waals surface area contributed by atoms with E-state index in [1.54, 1.807) is 0 Å². The van der Waals surface area contributed by atoms with Gasteiger partial charge in [0, 0.05) is 0 Å². The largest absolute Gasteiger partial charge is 0.483 e. The normalized spacial score (nSPS) is 69.6. The summed E-state index contributed by atoms with van der Waals surface area (Å²) in [7, 11) is -4.53. The van der Waals surface area contributed by atoms with Gasteiger partial charge in [-0.1, -0.05) is 0 Å². The van der Waals surface area contributed by atoms with E-state index in [2.05, 4.69) is 13.6 Å². The molecule has 98 valence electrons. The van der Waals surface area contributed by atoms with Crippen LogP contribution in [-0.2, 0) is 18.1 Å². The summed E-state index contributed by atoms with van der Waals surface area (Å²) in [5, 5.41) is 57.9. The summed E-state index contributed by atoms with van der Waals surface area (Å²) in [6.45, 7) is 0. The molecule has 0 aromatic carbocycles. The molecule has 0 aromatic heterocycles. The lowest BCUT2D eigenvalue weighted by molar-refractivity contribution is -0.467. The van der Waals surface area contributed by atoms with E-state index in [9.17, 15) is 35.2 Å². The predicted molar refractivity (Wildman–Crippen MR) is 43.7 cm³/mol. The number of fused-ring (bicyclic) bond motifs is 1. The first kappa shape index (κ1) is 11.9. The van der Waals surface area contributed by atoms with Gasteiger partial charge >= 0.3 is 7.82 Å². The van der Waals surface area contributed by atoms with E-state index in [0.29, 0.717) is 0 Å². The Morgan fingerprint density at radius 3 is 1.65 bits per heavy atom. The Balaban J connectivity index is 2.24. The van der Waals surface area contributed by atoms with Gasteiger partial charge in [0.2, 0.25) is 0 Å². The molecule has 0 aromatic rings. The Morgan fingerprint density at radius 1 is 0.882 bits per heavy atom. The lowest BCUT2D eigenvalue weighted by Gasteiger charge is -2.52. The molecule has 10 nitrogen and oxygen atoms in total. The summed E-state index contributed by atoms with van der Waals surface area (Å²) in [4.78, 5) is 0. The lowest BCUT2D eigenvalue weighted by atomic mass is 9.77.